The quantitative estimate of drug-likeness (QED) is 0.930. The molecule has 1 aliphatic rings. The highest BCUT2D eigenvalue weighted by Crippen LogP contribution is 2.33. The van der Waals surface area contributed by atoms with Crippen molar-refractivity contribution in [3.05, 3.63) is 47.8 Å². The van der Waals surface area contributed by atoms with Crippen LogP contribution in [0.2, 0.25) is 0 Å². The summed E-state index contributed by atoms with van der Waals surface area (Å²) in [4.78, 5) is 4.18. The molecule has 104 valence electrons. The minimum Gasteiger partial charge on any atom is -0.490 e. The normalized spacial score (nSPS) is 13.7. The van der Waals surface area contributed by atoms with Gasteiger partial charge in [0.25, 0.3) is 0 Å². The van der Waals surface area contributed by atoms with E-state index in [1.807, 2.05) is 31.5 Å². The van der Waals surface area contributed by atoms with Crippen LogP contribution in [0.15, 0.2) is 36.7 Å². The van der Waals surface area contributed by atoms with E-state index < -0.39 is 0 Å². The van der Waals surface area contributed by atoms with Gasteiger partial charge in [0.2, 0.25) is 0 Å². The monoisotopic (exact) mass is 270 g/mol. The van der Waals surface area contributed by atoms with Gasteiger partial charge in [-0.2, -0.15) is 0 Å². The average Bonchev–Trinajstić information content (AvgIpc) is 2.71. The van der Waals surface area contributed by atoms with Gasteiger partial charge in [0.15, 0.2) is 11.5 Å². The molecule has 20 heavy (non-hydrogen) atoms. The Morgan fingerprint density at radius 2 is 2.10 bits per heavy atom. The van der Waals surface area contributed by atoms with Gasteiger partial charge in [0.05, 0.1) is 18.9 Å². The van der Waals surface area contributed by atoms with Crippen LogP contribution >= 0.6 is 0 Å². The number of nitrogens with one attached hydrogen (secondary N) is 1. The number of anilines is 1. The highest BCUT2D eigenvalue weighted by Gasteiger charge is 2.14. The van der Waals surface area contributed by atoms with Gasteiger partial charge in [-0.1, -0.05) is 12.1 Å². The van der Waals surface area contributed by atoms with Crippen LogP contribution in [0.5, 0.6) is 11.5 Å². The summed E-state index contributed by atoms with van der Waals surface area (Å²) in [6, 6.07) is 8.09. The summed E-state index contributed by atoms with van der Waals surface area (Å²) in [6.45, 7) is 4.14. The van der Waals surface area contributed by atoms with Crippen LogP contribution in [0.25, 0.3) is 0 Å². The first-order chi connectivity index (χ1) is 9.83. The molecule has 0 saturated carbocycles. The molecule has 1 aliphatic heterocycles. The Labute approximate surface area is 118 Å². The standard InChI is InChI=1S/C16H18N2O2/c1-12-8-14(11-17-9-12)18-10-13-4-2-5-15-16(13)20-7-3-6-19-15/h2,4-5,8-9,11,18H,3,6-7,10H2,1H3. The van der Waals surface area contributed by atoms with Gasteiger partial charge in [0.1, 0.15) is 0 Å². The molecule has 0 saturated heterocycles. The van der Waals surface area contributed by atoms with Gasteiger partial charge in [-0.15, -0.1) is 0 Å². The molecule has 1 N–H and O–H groups in total. The molecular formula is C16H18N2O2. The summed E-state index contributed by atoms with van der Waals surface area (Å²) < 4.78 is 11.5. The first kappa shape index (κ1) is 12.8. The molecule has 0 radical (unpaired) electrons. The molecule has 0 fully saturated rings. The van der Waals surface area contributed by atoms with Crippen LogP contribution in [-0.4, -0.2) is 18.2 Å². The summed E-state index contributed by atoms with van der Waals surface area (Å²) in [7, 11) is 0. The molecule has 0 atom stereocenters. The zero-order valence-corrected chi connectivity index (χ0v) is 11.6. The second-order valence-electron chi connectivity index (χ2n) is 4.90. The lowest BCUT2D eigenvalue weighted by Crippen LogP contribution is -2.04. The van der Waals surface area contributed by atoms with Crippen LogP contribution in [0.1, 0.15) is 17.5 Å². The molecule has 0 bridgehead atoms. The Hall–Kier alpha value is -2.23. The van der Waals surface area contributed by atoms with E-state index in [4.69, 9.17) is 9.47 Å². The Morgan fingerprint density at radius 1 is 1.20 bits per heavy atom. The van der Waals surface area contributed by atoms with Crippen molar-refractivity contribution < 1.29 is 9.47 Å². The molecule has 0 amide bonds. The number of rotatable bonds is 3. The second kappa shape index (κ2) is 5.82. The molecule has 2 aromatic rings. The summed E-state index contributed by atoms with van der Waals surface area (Å²) in [5.41, 5.74) is 3.25. The first-order valence-corrected chi connectivity index (χ1v) is 6.86. The number of nitrogens with zero attached hydrogens (tertiary/aromatic N) is 1. The Kier molecular flexibility index (Phi) is 3.72. The molecule has 0 spiro atoms. The van der Waals surface area contributed by atoms with E-state index in [2.05, 4.69) is 22.4 Å². The highest BCUT2D eigenvalue weighted by molar-refractivity contribution is 5.50. The number of para-hydroxylation sites is 1. The summed E-state index contributed by atoms with van der Waals surface area (Å²) >= 11 is 0. The lowest BCUT2D eigenvalue weighted by atomic mass is 10.1. The zero-order chi connectivity index (χ0) is 13.8. The second-order valence-corrected chi connectivity index (χ2v) is 4.90. The number of hydrogen-bond donors (Lipinski definition) is 1. The van der Waals surface area contributed by atoms with Crippen LogP contribution in [0.3, 0.4) is 0 Å². The minimum atomic E-state index is 0.692. The summed E-state index contributed by atoms with van der Waals surface area (Å²) in [6.07, 6.45) is 4.59. The number of pyridine rings is 1. The fourth-order valence-corrected chi connectivity index (χ4v) is 2.24. The fraction of sp³-hybridized carbons (Fsp3) is 0.312. The number of fused-ring (bicyclic) bond motifs is 1. The van der Waals surface area contributed by atoms with Gasteiger partial charge in [-0.05, 0) is 24.6 Å². The van der Waals surface area contributed by atoms with Gasteiger partial charge in [-0.3, -0.25) is 4.98 Å². The molecule has 0 aliphatic carbocycles. The van der Waals surface area contributed by atoms with Crippen molar-refractivity contribution in [1.82, 2.24) is 4.98 Å². The van der Waals surface area contributed by atoms with E-state index >= 15 is 0 Å². The Morgan fingerprint density at radius 3 is 3.00 bits per heavy atom. The number of aromatic nitrogens is 1. The SMILES string of the molecule is Cc1cncc(NCc2cccc3c2OCCCO3)c1. The van der Waals surface area contributed by atoms with Crippen LogP contribution < -0.4 is 14.8 Å². The van der Waals surface area contributed by atoms with Crippen LogP contribution in [0.4, 0.5) is 5.69 Å². The van der Waals surface area contributed by atoms with Crippen molar-refractivity contribution in [2.24, 2.45) is 0 Å². The fourth-order valence-electron chi connectivity index (χ4n) is 2.24. The van der Waals surface area contributed by atoms with E-state index in [1.54, 1.807) is 0 Å². The largest absolute Gasteiger partial charge is 0.490 e. The van der Waals surface area contributed by atoms with E-state index in [1.165, 1.54) is 0 Å². The highest BCUT2D eigenvalue weighted by atomic mass is 16.5. The number of aryl methyl sites for hydroxylation is 1. The zero-order valence-electron chi connectivity index (χ0n) is 11.6. The van der Waals surface area contributed by atoms with E-state index in [9.17, 15) is 0 Å². The smallest absolute Gasteiger partial charge is 0.166 e. The lowest BCUT2D eigenvalue weighted by Gasteiger charge is -2.13. The van der Waals surface area contributed by atoms with Crippen LogP contribution in [0, 0.1) is 6.92 Å². The van der Waals surface area contributed by atoms with E-state index in [0.29, 0.717) is 19.8 Å². The lowest BCUT2D eigenvalue weighted by molar-refractivity contribution is 0.296. The van der Waals surface area contributed by atoms with Gasteiger partial charge in [-0.25, -0.2) is 0 Å². The van der Waals surface area contributed by atoms with Gasteiger partial charge >= 0.3 is 0 Å². The van der Waals surface area contributed by atoms with Crippen molar-refractivity contribution in [3.63, 3.8) is 0 Å². The third-order valence-corrected chi connectivity index (χ3v) is 3.21. The van der Waals surface area contributed by atoms with Crippen molar-refractivity contribution in [2.45, 2.75) is 19.9 Å². The maximum atomic E-state index is 5.81. The average molecular weight is 270 g/mol. The van der Waals surface area contributed by atoms with Crippen molar-refractivity contribution in [3.8, 4) is 11.5 Å². The molecule has 0 unspecified atom stereocenters. The molecule has 1 aromatic carbocycles. The maximum Gasteiger partial charge on any atom is 0.166 e. The van der Waals surface area contributed by atoms with Crippen molar-refractivity contribution in [2.75, 3.05) is 18.5 Å². The Balaban J connectivity index is 1.77. The third-order valence-electron chi connectivity index (χ3n) is 3.21. The number of hydrogen-bond acceptors (Lipinski definition) is 4. The molecule has 2 heterocycles. The molecule has 4 nitrogen and oxygen atoms in total. The van der Waals surface area contributed by atoms with Crippen molar-refractivity contribution >= 4 is 5.69 Å². The summed E-state index contributed by atoms with van der Waals surface area (Å²) in [5.74, 6) is 1.70. The van der Waals surface area contributed by atoms with E-state index in [0.717, 1.165) is 34.7 Å². The first-order valence-electron chi connectivity index (χ1n) is 6.86. The Bertz CT molecular complexity index is 599. The minimum absolute atomic E-state index is 0.692. The predicted molar refractivity (Wildman–Crippen MR) is 78.3 cm³/mol. The molecular weight excluding hydrogens is 252 g/mol. The van der Waals surface area contributed by atoms with Gasteiger partial charge in [0, 0.05) is 30.9 Å². The third kappa shape index (κ3) is 2.85. The van der Waals surface area contributed by atoms with E-state index in [-0.39, 0.29) is 0 Å². The van der Waals surface area contributed by atoms with Gasteiger partial charge < -0.3 is 14.8 Å². The predicted octanol–water partition coefficient (Wildman–Crippen LogP) is 3.16. The molecule has 3 rings (SSSR count). The topological polar surface area (TPSA) is 43.4 Å². The summed E-state index contributed by atoms with van der Waals surface area (Å²) in [5, 5.41) is 3.37. The van der Waals surface area contributed by atoms with Crippen molar-refractivity contribution in [1.29, 1.82) is 0 Å². The molecule has 4 heteroatoms. The number of benzene rings is 1. The maximum absolute atomic E-state index is 5.81. The van der Waals surface area contributed by atoms with Crippen LogP contribution in [-0.2, 0) is 6.54 Å². The molecule has 1 aromatic heterocycles. The number of ether oxygens (including phenoxy) is 2.